The summed E-state index contributed by atoms with van der Waals surface area (Å²) in [4.78, 5) is 11.8. The van der Waals surface area contributed by atoms with Crippen molar-refractivity contribution in [1.82, 2.24) is 5.43 Å². The lowest BCUT2D eigenvalue weighted by atomic mass is 10.1. The molecule has 0 aliphatic heterocycles. The zero-order valence-electron chi connectivity index (χ0n) is 15.0. The number of hydrogen-bond donors (Lipinski definition) is 1. The van der Waals surface area contributed by atoms with Crippen molar-refractivity contribution in [2.24, 2.45) is 5.10 Å². The number of hydrazone groups is 1. The lowest BCUT2D eigenvalue weighted by Gasteiger charge is -2.07. The van der Waals surface area contributed by atoms with Gasteiger partial charge in [-0.15, -0.1) is 0 Å². The van der Waals surface area contributed by atoms with Crippen LogP contribution >= 0.6 is 11.6 Å². The summed E-state index contributed by atoms with van der Waals surface area (Å²) < 4.78 is 11.1. The number of benzene rings is 2. The first-order valence-corrected chi connectivity index (χ1v) is 8.77. The van der Waals surface area contributed by atoms with Gasteiger partial charge in [0.1, 0.15) is 17.3 Å². The topological polar surface area (TPSA) is 63.8 Å². The molecule has 0 aliphatic rings. The van der Waals surface area contributed by atoms with Gasteiger partial charge < -0.3 is 9.15 Å². The van der Waals surface area contributed by atoms with Gasteiger partial charge in [-0.2, -0.15) is 5.10 Å². The maximum Gasteiger partial charge on any atom is 0.277 e. The minimum absolute atomic E-state index is 0.122. The van der Waals surface area contributed by atoms with Crippen LogP contribution in [0.1, 0.15) is 16.9 Å². The summed E-state index contributed by atoms with van der Waals surface area (Å²) in [5.41, 5.74) is 5.48. The molecular formula is C21H19ClN2O3. The van der Waals surface area contributed by atoms with Crippen LogP contribution in [0, 0.1) is 13.8 Å². The van der Waals surface area contributed by atoms with Gasteiger partial charge in [-0.3, -0.25) is 4.79 Å². The largest absolute Gasteiger partial charge is 0.484 e. The fraction of sp³-hybridized carbons (Fsp3) is 0.143. The minimum atomic E-state index is -0.359. The van der Waals surface area contributed by atoms with Crippen LogP contribution in [-0.4, -0.2) is 18.7 Å². The SMILES string of the molecule is Cc1ccc(OCC(=O)NN=Cc2ccc(-c3ccccc3Cl)o2)cc1C. The number of halogens is 1. The Balaban J connectivity index is 1.52. The molecule has 0 unspecified atom stereocenters. The Kier molecular flexibility index (Phi) is 5.94. The summed E-state index contributed by atoms with van der Waals surface area (Å²) >= 11 is 6.15. The molecule has 0 fully saturated rings. The van der Waals surface area contributed by atoms with Crippen LogP contribution in [-0.2, 0) is 4.79 Å². The highest BCUT2D eigenvalue weighted by atomic mass is 35.5. The molecule has 1 heterocycles. The molecule has 138 valence electrons. The Bertz CT molecular complexity index is 979. The van der Waals surface area contributed by atoms with Crippen molar-refractivity contribution in [3.05, 3.63) is 76.5 Å². The summed E-state index contributed by atoms with van der Waals surface area (Å²) in [5, 5.41) is 4.49. The average molecular weight is 383 g/mol. The van der Waals surface area contributed by atoms with Crippen molar-refractivity contribution >= 4 is 23.7 Å². The standard InChI is InChI=1S/C21H19ClN2O3/c1-14-7-8-16(11-15(14)2)26-13-21(25)24-23-12-17-9-10-20(27-17)18-5-3-4-6-19(18)22/h3-12H,13H2,1-2H3,(H,24,25). The predicted molar refractivity (Wildman–Crippen MR) is 106 cm³/mol. The Morgan fingerprint density at radius 1 is 1.15 bits per heavy atom. The van der Waals surface area contributed by atoms with Gasteiger partial charge in [0.05, 0.1) is 11.2 Å². The van der Waals surface area contributed by atoms with Crippen molar-refractivity contribution in [3.8, 4) is 17.1 Å². The molecule has 5 nitrogen and oxygen atoms in total. The number of carbonyl (C=O) groups is 1. The van der Waals surface area contributed by atoms with E-state index < -0.39 is 0 Å². The first kappa shape index (κ1) is 18.7. The number of hydrogen-bond acceptors (Lipinski definition) is 4. The third kappa shape index (κ3) is 4.99. The summed E-state index contributed by atoms with van der Waals surface area (Å²) in [6.45, 7) is 3.89. The predicted octanol–water partition coefficient (Wildman–Crippen LogP) is 4.75. The first-order valence-electron chi connectivity index (χ1n) is 8.39. The summed E-state index contributed by atoms with van der Waals surface area (Å²) in [5.74, 6) is 1.42. The monoisotopic (exact) mass is 382 g/mol. The normalized spacial score (nSPS) is 10.9. The Morgan fingerprint density at radius 2 is 1.96 bits per heavy atom. The summed E-state index contributed by atoms with van der Waals surface area (Å²) in [7, 11) is 0. The number of carbonyl (C=O) groups excluding carboxylic acids is 1. The Hall–Kier alpha value is -3.05. The van der Waals surface area contributed by atoms with Crippen LogP contribution in [0.3, 0.4) is 0 Å². The molecule has 0 radical (unpaired) electrons. The molecular weight excluding hydrogens is 364 g/mol. The Labute approximate surface area is 162 Å². The number of ether oxygens (including phenoxy) is 1. The van der Waals surface area contributed by atoms with Gasteiger partial charge in [-0.25, -0.2) is 5.43 Å². The fourth-order valence-corrected chi connectivity index (χ4v) is 2.61. The molecule has 0 bridgehead atoms. The van der Waals surface area contributed by atoms with E-state index >= 15 is 0 Å². The van der Waals surface area contributed by atoms with E-state index in [1.165, 1.54) is 11.8 Å². The van der Waals surface area contributed by atoms with Crippen LogP contribution < -0.4 is 10.2 Å². The molecule has 1 aromatic heterocycles. The van der Waals surface area contributed by atoms with Gasteiger partial charge >= 0.3 is 0 Å². The molecule has 1 N–H and O–H groups in total. The number of rotatable bonds is 6. The van der Waals surface area contributed by atoms with Crippen LogP contribution in [0.4, 0.5) is 0 Å². The second-order valence-corrected chi connectivity index (χ2v) is 6.42. The van der Waals surface area contributed by atoms with E-state index in [2.05, 4.69) is 10.5 Å². The van der Waals surface area contributed by atoms with E-state index in [9.17, 15) is 4.79 Å². The van der Waals surface area contributed by atoms with E-state index in [1.54, 1.807) is 18.2 Å². The van der Waals surface area contributed by atoms with Crippen molar-refractivity contribution in [2.45, 2.75) is 13.8 Å². The Morgan fingerprint density at radius 3 is 2.74 bits per heavy atom. The maximum atomic E-state index is 11.8. The molecule has 2 aromatic carbocycles. The second-order valence-electron chi connectivity index (χ2n) is 6.01. The smallest absolute Gasteiger partial charge is 0.277 e. The number of nitrogens with zero attached hydrogens (tertiary/aromatic N) is 1. The minimum Gasteiger partial charge on any atom is -0.484 e. The molecule has 27 heavy (non-hydrogen) atoms. The van der Waals surface area contributed by atoms with Gasteiger partial charge in [0.15, 0.2) is 6.61 Å². The summed E-state index contributed by atoms with van der Waals surface area (Å²) in [6, 6.07) is 16.6. The molecule has 3 rings (SSSR count). The number of aryl methyl sites for hydroxylation is 2. The summed E-state index contributed by atoms with van der Waals surface area (Å²) in [6.07, 6.45) is 1.42. The van der Waals surface area contributed by atoms with Gasteiger partial charge in [0, 0.05) is 5.56 Å². The van der Waals surface area contributed by atoms with Crippen molar-refractivity contribution in [3.63, 3.8) is 0 Å². The van der Waals surface area contributed by atoms with E-state index in [1.807, 2.05) is 50.2 Å². The third-order valence-corrected chi connectivity index (χ3v) is 4.33. The highest BCUT2D eigenvalue weighted by Gasteiger charge is 2.07. The van der Waals surface area contributed by atoms with Crippen molar-refractivity contribution in [2.75, 3.05) is 6.61 Å². The molecule has 0 atom stereocenters. The zero-order chi connectivity index (χ0) is 19.2. The molecule has 0 aliphatic carbocycles. The molecule has 0 spiro atoms. The van der Waals surface area contributed by atoms with Crippen LogP contribution in [0.2, 0.25) is 5.02 Å². The zero-order valence-corrected chi connectivity index (χ0v) is 15.8. The molecule has 6 heteroatoms. The van der Waals surface area contributed by atoms with Crippen molar-refractivity contribution < 1.29 is 13.9 Å². The van der Waals surface area contributed by atoms with E-state index in [0.717, 1.165) is 11.1 Å². The van der Waals surface area contributed by atoms with Gasteiger partial charge in [-0.05, 0) is 61.4 Å². The third-order valence-electron chi connectivity index (χ3n) is 4.00. The lowest BCUT2D eigenvalue weighted by Crippen LogP contribution is -2.24. The quantitative estimate of drug-likeness (QED) is 0.494. The molecule has 0 saturated heterocycles. The van der Waals surface area contributed by atoms with E-state index in [-0.39, 0.29) is 12.5 Å². The molecule has 1 amide bonds. The fourth-order valence-electron chi connectivity index (χ4n) is 2.38. The van der Waals surface area contributed by atoms with Crippen LogP contribution in [0.5, 0.6) is 5.75 Å². The highest BCUT2D eigenvalue weighted by molar-refractivity contribution is 6.33. The lowest BCUT2D eigenvalue weighted by molar-refractivity contribution is -0.123. The van der Waals surface area contributed by atoms with Crippen LogP contribution in [0.15, 0.2) is 64.1 Å². The van der Waals surface area contributed by atoms with E-state index in [4.69, 9.17) is 20.8 Å². The van der Waals surface area contributed by atoms with Crippen molar-refractivity contribution in [1.29, 1.82) is 0 Å². The highest BCUT2D eigenvalue weighted by Crippen LogP contribution is 2.28. The number of amides is 1. The first-order chi connectivity index (χ1) is 13.0. The van der Waals surface area contributed by atoms with Crippen LogP contribution in [0.25, 0.3) is 11.3 Å². The van der Waals surface area contributed by atoms with Gasteiger partial charge in [0.2, 0.25) is 0 Å². The maximum absolute atomic E-state index is 11.8. The average Bonchev–Trinajstić information content (AvgIpc) is 3.12. The second kappa shape index (κ2) is 8.56. The van der Waals surface area contributed by atoms with Gasteiger partial charge in [-0.1, -0.05) is 29.8 Å². The number of nitrogens with one attached hydrogen (secondary N) is 1. The molecule has 3 aromatic rings. The van der Waals surface area contributed by atoms with E-state index in [0.29, 0.717) is 22.3 Å². The van der Waals surface area contributed by atoms with Gasteiger partial charge in [0.25, 0.3) is 5.91 Å². The number of furan rings is 1. The molecule has 0 saturated carbocycles.